The van der Waals surface area contributed by atoms with Crippen LogP contribution in [0.15, 0.2) is 41.8 Å². The molecule has 0 bridgehead atoms. The molecule has 3 aromatic rings. The van der Waals surface area contributed by atoms with Crippen molar-refractivity contribution in [3.63, 3.8) is 0 Å². The lowest BCUT2D eigenvalue weighted by Gasteiger charge is -2.14. The minimum absolute atomic E-state index is 0.0259. The van der Waals surface area contributed by atoms with Gasteiger partial charge in [0.1, 0.15) is 11.4 Å². The lowest BCUT2D eigenvalue weighted by molar-refractivity contribution is 0.0940. The minimum atomic E-state index is -0.0259. The molecule has 5 heteroatoms. The van der Waals surface area contributed by atoms with Crippen molar-refractivity contribution >= 4 is 27.5 Å². The summed E-state index contributed by atoms with van der Waals surface area (Å²) in [4.78, 5) is 12.6. The summed E-state index contributed by atoms with van der Waals surface area (Å²) in [6, 6.07) is 12.0. The molecule has 126 valence electrons. The molecule has 3 rings (SSSR count). The van der Waals surface area contributed by atoms with Crippen molar-refractivity contribution in [1.82, 2.24) is 9.88 Å². The Hall–Kier alpha value is -2.27. The summed E-state index contributed by atoms with van der Waals surface area (Å²) in [6.07, 6.45) is 0. The van der Waals surface area contributed by atoms with Crippen molar-refractivity contribution in [2.24, 2.45) is 5.92 Å². The zero-order valence-electron chi connectivity index (χ0n) is 14.2. The topological polar surface area (TPSA) is 43.3 Å². The number of aromatic nitrogens is 1. The number of nitrogens with zero attached hydrogens (tertiary/aromatic N) is 1. The Kier molecular flexibility index (Phi) is 4.90. The second kappa shape index (κ2) is 7.09. The van der Waals surface area contributed by atoms with Crippen LogP contribution in [0.4, 0.5) is 0 Å². The predicted octanol–water partition coefficient (Wildman–Crippen LogP) is 4.15. The average molecular weight is 342 g/mol. The number of benzene rings is 1. The Morgan fingerprint density at radius 3 is 2.83 bits per heavy atom. The Balaban J connectivity index is 1.97. The predicted molar refractivity (Wildman–Crippen MR) is 99.1 cm³/mol. The van der Waals surface area contributed by atoms with E-state index < -0.39 is 0 Å². The van der Waals surface area contributed by atoms with Crippen LogP contribution in [0.2, 0.25) is 0 Å². The maximum absolute atomic E-state index is 12.6. The van der Waals surface area contributed by atoms with E-state index in [0.29, 0.717) is 24.7 Å². The summed E-state index contributed by atoms with van der Waals surface area (Å²) in [7, 11) is 1.67. The number of methoxy groups -OCH3 is 1. The van der Waals surface area contributed by atoms with Gasteiger partial charge >= 0.3 is 0 Å². The van der Waals surface area contributed by atoms with E-state index in [1.165, 1.54) is 0 Å². The fourth-order valence-corrected chi connectivity index (χ4v) is 3.55. The second-order valence-electron chi connectivity index (χ2n) is 6.20. The van der Waals surface area contributed by atoms with Gasteiger partial charge < -0.3 is 14.6 Å². The van der Waals surface area contributed by atoms with E-state index in [9.17, 15) is 4.79 Å². The number of nitrogens with one attached hydrogen (secondary N) is 1. The van der Waals surface area contributed by atoms with Gasteiger partial charge in [0.05, 0.1) is 23.9 Å². The van der Waals surface area contributed by atoms with Gasteiger partial charge in [0.2, 0.25) is 0 Å². The second-order valence-corrected chi connectivity index (χ2v) is 7.15. The molecule has 1 amide bonds. The lowest BCUT2D eigenvalue weighted by atomic mass is 10.2. The number of rotatable bonds is 6. The van der Waals surface area contributed by atoms with E-state index in [-0.39, 0.29) is 5.91 Å². The number of fused-ring (bicyclic) bond motifs is 1. The number of para-hydroxylation sites is 1. The Labute approximate surface area is 146 Å². The van der Waals surface area contributed by atoms with Crippen LogP contribution < -0.4 is 10.1 Å². The number of ether oxygens (including phenoxy) is 1. The standard InChI is InChI=1S/C19H22N2O2S/c1-13(2)11-20-19(22)16-10-18-15(8-9-24-18)21(16)12-14-6-4-5-7-17(14)23-3/h4-10,13H,11-12H2,1-3H3,(H,20,22). The molecular weight excluding hydrogens is 320 g/mol. The van der Waals surface area contributed by atoms with E-state index in [2.05, 4.69) is 35.2 Å². The Bertz CT molecular complexity index is 848. The van der Waals surface area contributed by atoms with Crippen molar-refractivity contribution < 1.29 is 9.53 Å². The smallest absolute Gasteiger partial charge is 0.267 e. The highest BCUT2D eigenvalue weighted by atomic mass is 32.1. The minimum Gasteiger partial charge on any atom is -0.496 e. The van der Waals surface area contributed by atoms with E-state index in [4.69, 9.17) is 4.74 Å². The van der Waals surface area contributed by atoms with Gasteiger partial charge in [-0.05, 0) is 29.5 Å². The molecule has 0 spiro atoms. The van der Waals surface area contributed by atoms with Crippen molar-refractivity contribution in [2.45, 2.75) is 20.4 Å². The summed E-state index contributed by atoms with van der Waals surface area (Å²) >= 11 is 1.65. The fraction of sp³-hybridized carbons (Fsp3) is 0.316. The molecular formula is C19H22N2O2S. The van der Waals surface area contributed by atoms with Crippen LogP contribution in [0, 0.1) is 5.92 Å². The number of amides is 1. The maximum atomic E-state index is 12.6. The largest absolute Gasteiger partial charge is 0.496 e. The van der Waals surface area contributed by atoms with Gasteiger partial charge in [0, 0.05) is 12.1 Å². The summed E-state index contributed by atoms with van der Waals surface area (Å²) in [5.74, 6) is 1.23. The highest BCUT2D eigenvalue weighted by Crippen LogP contribution is 2.28. The molecule has 0 radical (unpaired) electrons. The van der Waals surface area contributed by atoms with Gasteiger partial charge in [-0.3, -0.25) is 4.79 Å². The maximum Gasteiger partial charge on any atom is 0.267 e. The van der Waals surface area contributed by atoms with Gasteiger partial charge in [-0.15, -0.1) is 11.3 Å². The quantitative estimate of drug-likeness (QED) is 0.731. The molecule has 0 aliphatic carbocycles. The third kappa shape index (κ3) is 3.31. The number of hydrogen-bond donors (Lipinski definition) is 1. The first-order valence-electron chi connectivity index (χ1n) is 8.07. The van der Waals surface area contributed by atoms with Crippen LogP contribution in [0.25, 0.3) is 10.2 Å². The van der Waals surface area contributed by atoms with Gasteiger partial charge in [-0.2, -0.15) is 0 Å². The first-order chi connectivity index (χ1) is 11.6. The number of carbonyl (C=O) groups excluding carboxylic acids is 1. The molecule has 1 aromatic carbocycles. The summed E-state index contributed by atoms with van der Waals surface area (Å²) < 4.78 is 8.65. The molecule has 0 saturated carbocycles. The molecule has 0 saturated heterocycles. The van der Waals surface area contributed by atoms with Crippen molar-refractivity contribution in [1.29, 1.82) is 0 Å². The van der Waals surface area contributed by atoms with Crippen LogP contribution in [0.3, 0.4) is 0 Å². The molecule has 4 nitrogen and oxygen atoms in total. The molecule has 0 fully saturated rings. The van der Waals surface area contributed by atoms with Gasteiger partial charge in [-0.25, -0.2) is 0 Å². The van der Waals surface area contributed by atoms with Gasteiger partial charge in [0.15, 0.2) is 0 Å². The molecule has 0 unspecified atom stereocenters. The van der Waals surface area contributed by atoms with Crippen molar-refractivity contribution in [2.75, 3.05) is 13.7 Å². The van der Waals surface area contributed by atoms with E-state index in [0.717, 1.165) is 21.5 Å². The van der Waals surface area contributed by atoms with Crippen LogP contribution >= 0.6 is 11.3 Å². The Morgan fingerprint density at radius 1 is 1.29 bits per heavy atom. The molecule has 0 aliphatic rings. The summed E-state index contributed by atoms with van der Waals surface area (Å²) in [5, 5.41) is 5.07. The monoisotopic (exact) mass is 342 g/mol. The zero-order valence-corrected chi connectivity index (χ0v) is 15.0. The van der Waals surface area contributed by atoms with Crippen molar-refractivity contribution in [3.05, 3.63) is 53.0 Å². The molecule has 2 heterocycles. The number of hydrogen-bond acceptors (Lipinski definition) is 3. The van der Waals surface area contributed by atoms with E-state index in [1.54, 1.807) is 18.4 Å². The van der Waals surface area contributed by atoms with Gasteiger partial charge in [0.25, 0.3) is 5.91 Å². The SMILES string of the molecule is COc1ccccc1Cn1c(C(=O)NCC(C)C)cc2sccc21. The molecule has 1 N–H and O–H groups in total. The van der Waals surface area contributed by atoms with Crippen LogP contribution in [0.1, 0.15) is 29.9 Å². The molecule has 0 atom stereocenters. The average Bonchev–Trinajstić information content (AvgIpc) is 3.15. The third-order valence-electron chi connectivity index (χ3n) is 3.95. The van der Waals surface area contributed by atoms with Crippen molar-refractivity contribution in [3.8, 4) is 5.75 Å². The summed E-state index contributed by atoms with van der Waals surface area (Å²) in [5.41, 5.74) is 2.84. The molecule has 0 aliphatic heterocycles. The third-order valence-corrected chi connectivity index (χ3v) is 4.80. The summed E-state index contributed by atoms with van der Waals surface area (Å²) in [6.45, 7) is 5.46. The Morgan fingerprint density at radius 2 is 2.08 bits per heavy atom. The van der Waals surface area contributed by atoms with Crippen LogP contribution in [-0.2, 0) is 6.54 Å². The van der Waals surface area contributed by atoms with E-state index in [1.807, 2.05) is 30.3 Å². The highest BCUT2D eigenvalue weighted by molar-refractivity contribution is 7.17. The van der Waals surface area contributed by atoms with Crippen LogP contribution in [0.5, 0.6) is 5.75 Å². The lowest BCUT2D eigenvalue weighted by Crippen LogP contribution is -2.29. The highest BCUT2D eigenvalue weighted by Gasteiger charge is 2.17. The molecule has 24 heavy (non-hydrogen) atoms. The molecule has 2 aromatic heterocycles. The fourth-order valence-electron chi connectivity index (χ4n) is 2.73. The number of thiophene rings is 1. The van der Waals surface area contributed by atoms with Gasteiger partial charge in [-0.1, -0.05) is 32.0 Å². The van der Waals surface area contributed by atoms with Crippen LogP contribution in [-0.4, -0.2) is 24.1 Å². The zero-order chi connectivity index (χ0) is 17.1. The van der Waals surface area contributed by atoms with E-state index >= 15 is 0 Å². The first kappa shape index (κ1) is 16.6. The number of carbonyl (C=O) groups is 1. The first-order valence-corrected chi connectivity index (χ1v) is 8.95. The normalized spacial score (nSPS) is 11.2.